The second-order valence-corrected chi connectivity index (χ2v) is 5.87. The first-order valence-electron chi connectivity index (χ1n) is 7.58. The highest BCUT2D eigenvalue weighted by Crippen LogP contribution is 2.42. The molecule has 1 saturated carbocycles. The largest absolute Gasteiger partial charge is 0.497 e. The van der Waals surface area contributed by atoms with Crippen LogP contribution in [0.3, 0.4) is 0 Å². The Balaban J connectivity index is 2.11. The first-order chi connectivity index (χ1) is 10.6. The van der Waals surface area contributed by atoms with Gasteiger partial charge in [0.05, 0.1) is 32.3 Å². The maximum absolute atomic E-state index is 12.6. The Morgan fingerprint density at radius 1 is 1.27 bits per heavy atom. The Kier molecular flexibility index (Phi) is 5.29. The van der Waals surface area contributed by atoms with E-state index in [1.807, 2.05) is 25.1 Å². The van der Waals surface area contributed by atoms with Crippen LogP contribution < -0.4 is 14.8 Å². The van der Waals surface area contributed by atoms with Crippen LogP contribution in [-0.4, -0.2) is 33.8 Å². The average Bonchev–Trinajstić information content (AvgIpc) is 2.49. The predicted octanol–water partition coefficient (Wildman–Crippen LogP) is 2.70. The van der Waals surface area contributed by atoms with Gasteiger partial charge in [-0.25, -0.2) is 0 Å². The lowest BCUT2D eigenvalue weighted by Crippen LogP contribution is -2.49. The third kappa shape index (κ3) is 3.19. The van der Waals surface area contributed by atoms with Crippen molar-refractivity contribution in [3.63, 3.8) is 0 Å². The third-order valence-electron chi connectivity index (χ3n) is 4.47. The van der Waals surface area contributed by atoms with E-state index in [2.05, 4.69) is 5.32 Å². The van der Waals surface area contributed by atoms with E-state index >= 15 is 0 Å². The Labute approximate surface area is 131 Å². The van der Waals surface area contributed by atoms with Crippen molar-refractivity contribution >= 4 is 5.91 Å². The van der Waals surface area contributed by atoms with Gasteiger partial charge in [-0.1, -0.05) is 6.42 Å². The fourth-order valence-electron chi connectivity index (χ4n) is 2.92. The lowest BCUT2D eigenvalue weighted by Gasteiger charge is -2.40. The molecular weight excluding hydrogens is 282 g/mol. The SMILES string of the molecule is COCC1(C(=O)NC(C)c2ccc(OC)cc2OC)CCC1. The van der Waals surface area contributed by atoms with Gasteiger partial charge in [-0.2, -0.15) is 0 Å². The van der Waals surface area contributed by atoms with Crippen LogP contribution in [0.5, 0.6) is 11.5 Å². The molecule has 22 heavy (non-hydrogen) atoms. The summed E-state index contributed by atoms with van der Waals surface area (Å²) in [4.78, 5) is 12.6. The van der Waals surface area contributed by atoms with Gasteiger partial charge in [-0.15, -0.1) is 0 Å². The summed E-state index contributed by atoms with van der Waals surface area (Å²) in [6, 6.07) is 5.48. The molecule has 2 rings (SSSR count). The van der Waals surface area contributed by atoms with E-state index in [1.165, 1.54) is 0 Å². The van der Waals surface area contributed by atoms with E-state index in [0.29, 0.717) is 12.4 Å². The molecule has 122 valence electrons. The van der Waals surface area contributed by atoms with E-state index in [9.17, 15) is 4.79 Å². The normalized spacial score (nSPS) is 17.3. The Bertz CT molecular complexity index is 525. The molecule has 0 saturated heterocycles. The summed E-state index contributed by atoms with van der Waals surface area (Å²) < 4.78 is 15.8. The second kappa shape index (κ2) is 7.01. The molecule has 1 aromatic rings. The first-order valence-corrected chi connectivity index (χ1v) is 7.58. The molecule has 1 amide bonds. The molecule has 1 atom stereocenters. The van der Waals surface area contributed by atoms with Crippen LogP contribution in [0.15, 0.2) is 18.2 Å². The molecule has 0 spiro atoms. The minimum atomic E-state index is -0.358. The summed E-state index contributed by atoms with van der Waals surface area (Å²) in [5.74, 6) is 1.50. The monoisotopic (exact) mass is 307 g/mol. The maximum Gasteiger partial charge on any atom is 0.229 e. The highest BCUT2D eigenvalue weighted by molar-refractivity contribution is 5.84. The van der Waals surface area contributed by atoms with Gasteiger partial charge >= 0.3 is 0 Å². The van der Waals surface area contributed by atoms with E-state index in [-0.39, 0.29) is 17.4 Å². The minimum absolute atomic E-state index is 0.0611. The second-order valence-electron chi connectivity index (χ2n) is 5.87. The molecule has 0 bridgehead atoms. The van der Waals surface area contributed by atoms with Gasteiger partial charge in [0.2, 0.25) is 5.91 Å². The summed E-state index contributed by atoms with van der Waals surface area (Å²) in [6.45, 7) is 2.44. The maximum atomic E-state index is 12.6. The third-order valence-corrected chi connectivity index (χ3v) is 4.47. The quantitative estimate of drug-likeness (QED) is 0.841. The van der Waals surface area contributed by atoms with Crippen molar-refractivity contribution < 1.29 is 19.0 Å². The van der Waals surface area contributed by atoms with Gasteiger partial charge in [0, 0.05) is 18.7 Å². The average molecular weight is 307 g/mol. The Morgan fingerprint density at radius 2 is 2.00 bits per heavy atom. The molecule has 1 aromatic carbocycles. The van der Waals surface area contributed by atoms with Crippen LogP contribution in [0.4, 0.5) is 0 Å². The molecule has 1 unspecified atom stereocenters. The number of hydrogen-bond donors (Lipinski definition) is 1. The van der Waals surface area contributed by atoms with Crippen molar-refractivity contribution in [2.24, 2.45) is 5.41 Å². The zero-order chi connectivity index (χ0) is 16.2. The highest BCUT2D eigenvalue weighted by Gasteiger charge is 2.44. The summed E-state index contributed by atoms with van der Waals surface area (Å²) in [6.07, 6.45) is 2.86. The molecule has 1 N–H and O–H groups in total. The number of methoxy groups -OCH3 is 3. The van der Waals surface area contributed by atoms with Gasteiger partial charge < -0.3 is 19.5 Å². The number of carbonyl (C=O) groups excluding carboxylic acids is 1. The van der Waals surface area contributed by atoms with Gasteiger partial charge in [0.25, 0.3) is 0 Å². The minimum Gasteiger partial charge on any atom is -0.497 e. The zero-order valence-corrected chi connectivity index (χ0v) is 13.8. The lowest BCUT2D eigenvalue weighted by molar-refractivity contribution is -0.141. The lowest BCUT2D eigenvalue weighted by atomic mass is 9.68. The number of carbonyl (C=O) groups is 1. The van der Waals surface area contributed by atoms with Gasteiger partial charge in [0.1, 0.15) is 11.5 Å². The van der Waals surface area contributed by atoms with Crippen LogP contribution in [0.25, 0.3) is 0 Å². The van der Waals surface area contributed by atoms with Crippen LogP contribution in [0, 0.1) is 5.41 Å². The van der Waals surface area contributed by atoms with Crippen LogP contribution in [-0.2, 0) is 9.53 Å². The fraction of sp³-hybridized carbons (Fsp3) is 0.588. The molecule has 1 aliphatic rings. The summed E-state index contributed by atoms with van der Waals surface area (Å²) in [5, 5.41) is 3.10. The van der Waals surface area contributed by atoms with Crippen molar-refractivity contribution in [2.45, 2.75) is 32.2 Å². The number of amides is 1. The number of rotatable bonds is 7. The highest BCUT2D eigenvalue weighted by atomic mass is 16.5. The molecule has 1 fully saturated rings. The molecule has 0 radical (unpaired) electrons. The number of ether oxygens (including phenoxy) is 3. The molecule has 0 heterocycles. The van der Waals surface area contributed by atoms with Crippen LogP contribution >= 0.6 is 0 Å². The molecule has 1 aliphatic carbocycles. The molecule has 5 heteroatoms. The van der Waals surface area contributed by atoms with Crippen LogP contribution in [0.1, 0.15) is 37.8 Å². The zero-order valence-electron chi connectivity index (χ0n) is 13.8. The molecular formula is C17H25NO4. The van der Waals surface area contributed by atoms with Crippen molar-refractivity contribution in [2.75, 3.05) is 27.9 Å². The van der Waals surface area contributed by atoms with Crippen LogP contribution in [0.2, 0.25) is 0 Å². The first kappa shape index (κ1) is 16.6. The van der Waals surface area contributed by atoms with E-state index in [4.69, 9.17) is 14.2 Å². The van der Waals surface area contributed by atoms with Gasteiger partial charge in [0.15, 0.2) is 0 Å². The standard InChI is InChI=1S/C17H25NO4/c1-12(14-7-6-13(21-3)10-15(14)22-4)18-16(19)17(11-20-2)8-5-9-17/h6-7,10,12H,5,8-9,11H2,1-4H3,(H,18,19). The predicted molar refractivity (Wildman–Crippen MR) is 84.3 cm³/mol. The molecule has 0 aromatic heterocycles. The number of nitrogens with one attached hydrogen (secondary N) is 1. The van der Waals surface area contributed by atoms with Crippen molar-refractivity contribution in [1.29, 1.82) is 0 Å². The van der Waals surface area contributed by atoms with Crippen molar-refractivity contribution in [3.05, 3.63) is 23.8 Å². The molecule has 0 aliphatic heterocycles. The summed E-state index contributed by atoms with van der Waals surface area (Å²) in [7, 11) is 4.87. The van der Waals surface area contributed by atoms with E-state index in [0.717, 1.165) is 30.6 Å². The summed E-state index contributed by atoms with van der Waals surface area (Å²) >= 11 is 0. The van der Waals surface area contributed by atoms with Crippen molar-refractivity contribution in [3.8, 4) is 11.5 Å². The number of benzene rings is 1. The van der Waals surface area contributed by atoms with Gasteiger partial charge in [-0.3, -0.25) is 4.79 Å². The number of hydrogen-bond acceptors (Lipinski definition) is 4. The van der Waals surface area contributed by atoms with E-state index < -0.39 is 0 Å². The fourth-order valence-corrected chi connectivity index (χ4v) is 2.92. The summed E-state index contributed by atoms with van der Waals surface area (Å²) in [5.41, 5.74) is 0.575. The Hall–Kier alpha value is -1.75. The Morgan fingerprint density at radius 3 is 2.50 bits per heavy atom. The van der Waals surface area contributed by atoms with Crippen molar-refractivity contribution in [1.82, 2.24) is 5.32 Å². The van der Waals surface area contributed by atoms with E-state index in [1.54, 1.807) is 21.3 Å². The molecule has 5 nitrogen and oxygen atoms in total. The smallest absolute Gasteiger partial charge is 0.229 e. The topological polar surface area (TPSA) is 56.8 Å². The van der Waals surface area contributed by atoms with Gasteiger partial charge in [-0.05, 0) is 31.9 Å².